The molecule has 6 nitrogen and oxygen atoms in total. The van der Waals surface area contributed by atoms with Crippen molar-refractivity contribution >= 4 is 17.6 Å². The van der Waals surface area contributed by atoms with Crippen LogP contribution in [-0.4, -0.2) is 35.9 Å². The summed E-state index contributed by atoms with van der Waals surface area (Å²) in [6.07, 6.45) is 0. The van der Waals surface area contributed by atoms with E-state index in [9.17, 15) is 4.79 Å². The van der Waals surface area contributed by atoms with Crippen LogP contribution in [0, 0.1) is 0 Å². The first-order chi connectivity index (χ1) is 7.56. The molecule has 2 N–H and O–H groups in total. The molecular formula is C10H18N4O2. The van der Waals surface area contributed by atoms with Gasteiger partial charge in [0.1, 0.15) is 11.4 Å². The first-order valence-electron chi connectivity index (χ1n) is 5.22. The van der Waals surface area contributed by atoms with Crippen molar-refractivity contribution in [2.24, 2.45) is 7.05 Å². The van der Waals surface area contributed by atoms with Gasteiger partial charge in [-0.3, -0.25) is 4.68 Å². The predicted octanol–water partition coefficient (Wildman–Crippen LogP) is 0.635. The van der Waals surface area contributed by atoms with E-state index in [0.717, 1.165) is 13.1 Å². The Morgan fingerprint density at radius 3 is 2.50 bits per heavy atom. The molecule has 16 heavy (non-hydrogen) atoms. The number of anilines is 2. The molecule has 1 aromatic heterocycles. The van der Waals surface area contributed by atoms with Gasteiger partial charge in [-0.05, 0) is 13.8 Å². The van der Waals surface area contributed by atoms with E-state index in [1.807, 2.05) is 18.7 Å². The molecule has 0 fully saturated rings. The number of aromatic nitrogens is 2. The third kappa shape index (κ3) is 1.95. The number of ether oxygens (including phenoxy) is 1. The number of nitrogen functional groups attached to an aromatic ring is 1. The molecule has 0 unspecified atom stereocenters. The van der Waals surface area contributed by atoms with E-state index in [2.05, 4.69) is 5.10 Å². The van der Waals surface area contributed by atoms with Crippen molar-refractivity contribution in [2.75, 3.05) is 30.8 Å². The molecule has 0 atom stereocenters. The third-order valence-corrected chi connectivity index (χ3v) is 2.53. The normalized spacial score (nSPS) is 10.2. The van der Waals surface area contributed by atoms with Crippen molar-refractivity contribution in [3.05, 3.63) is 5.56 Å². The summed E-state index contributed by atoms with van der Waals surface area (Å²) in [5.74, 6) is 0.457. The van der Waals surface area contributed by atoms with E-state index in [1.54, 1.807) is 7.05 Å². The second-order valence-corrected chi connectivity index (χ2v) is 3.37. The minimum atomic E-state index is -0.451. The van der Waals surface area contributed by atoms with Gasteiger partial charge in [0.05, 0.1) is 7.11 Å². The lowest BCUT2D eigenvalue weighted by molar-refractivity contribution is 0.0602. The van der Waals surface area contributed by atoms with E-state index in [-0.39, 0.29) is 0 Å². The maximum Gasteiger partial charge on any atom is 0.345 e. The lowest BCUT2D eigenvalue weighted by atomic mass is 10.2. The van der Waals surface area contributed by atoms with Crippen LogP contribution in [0.3, 0.4) is 0 Å². The van der Waals surface area contributed by atoms with Crippen LogP contribution in [0.4, 0.5) is 11.6 Å². The molecule has 0 amide bonds. The van der Waals surface area contributed by atoms with Crippen LogP contribution in [0.25, 0.3) is 0 Å². The maximum atomic E-state index is 11.6. The van der Waals surface area contributed by atoms with Gasteiger partial charge < -0.3 is 15.4 Å². The zero-order valence-electron chi connectivity index (χ0n) is 10.1. The van der Waals surface area contributed by atoms with Crippen molar-refractivity contribution in [2.45, 2.75) is 13.8 Å². The number of nitrogens with two attached hydrogens (primary N) is 1. The smallest absolute Gasteiger partial charge is 0.345 e. The molecule has 6 heteroatoms. The number of esters is 1. The second kappa shape index (κ2) is 4.87. The molecule has 0 aliphatic heterocycles. The Kier molecular flexibility index (Phi) is 3.76. The summed E-state index contributed by atoms with van der Waals surface area (Å²) >= 11 is 0. The standard InChI is InChI=1S/C10H18N4O2/c1-5-14(6-2)9-7(10(15)16-4)8(11)13(3)12-9/h5-6,11H2,1-4H3. The maximum absolute atomic E-state index is 11.6. The molecule has 0 spiro atoms. The molecule has 0 saturated heterocycles. The van der Waals surface area contributed by atoms with Crippen molar-refractivity contribution in [3.8, 4) is 0 Å². The van der Waals surface area contributed by atoms with Gasteiger partial charge in [0.2, 0.25) is 0 Å². The van der Waals surface area contributed by atoms with Gasteiger partial charge in [-0.15, -0.1) is 0 Å². The average Bonchev–Trinajstić information content (AvgIpc) is 2.57. The molecule has 0 aromatic carbocycles. The fourth-order valence-corrected chi connectivity index (χ4v) is 1.56. The van der Waals surface area contributed by atoms with Crippen LogP contribution in [0.2, 0.25) is 0 Å². The van der Waals surface area contributed by atoms with Crippen LogP contribution < -0.4 is 10.6 Å². The zero-order valence-corrected chi connectivity index (χ0v) is 10.1. The van der Waals surface area contributed by atoms with Crippen molar-refractivity contribution in [3.63, 3.8) is 0 Å². The van der Waals surface area contributed by atoms with Gasteiger partial charge in [0.15, 0.2) is 5.82 Å². The first-order valence-corrected chi connectivity index (χ1v) is 5.22. The fourth-order valence-electron chi connectivity index (χ4n) is 1.56. The van der Waals surface area contributed by atoms with Crippen LogP contribution >= 0.6 is 0 Å². The predicted molar refractivity (Wildman–Crippen MR) is 62.5 cm³/mol. The minimum Gasteiger partial charge on any atom is -0.465 e. The molecule has 0 aliphatic rings. The molecular weight excluding hydrogens is 208 g/mol. The molecule has 1 rings (SSSR count). The topological polar surface area (TPSA) is 73.4 Å². The van der Waals surface area contributed by atoms with Crippen LogP contribution in [0.5, 0.6) is 0 Å². The molecule has 90 valence electrons. The Balaban J connectivity index is 3.27. The summed E-state index contributed by atoms with van der Waals surface area (Å²) in [5.41, 5.74) is 6.14. The quantitative estimate of drug-likeness (QED) is 0.762. The monoisotopic (exact) mass is 226 g/mol. The highest BCUT2D eigenvalue weighted by Gasteiger charge is 2.24. The van der Waals surface area contributed by atoms with E-state index in [0.29, 0.717) is 17.2 Å². The highest BCUT2D eigenvalue weighted by molar-refractivity contribution is 5.99. The molecule has 0 radical (unpaired) electrons. The van der Waals surface area contributed by atoms with Crippen molar-refractivity contribution < 1.29 is 9.53 Å². The number of methoxy groups -OCH3 is 1. The summed E-state index contributed by atoms with van der Waals surface area (Å²) in [4.78, 5) is 13.6. The lowest BCUT2D eigenvalue weighted by Gasteiger charge is -2.18. The van der Waals surface area contributed by atoms with E-state index in [1.165, 1.54) is 11.8 Å². The number of nitrogens with zero attached hydrogens (tertiary/aromatic N) is 3. The Morgan fingerprint density at radius 1 is 1.50 bits per heavy atom. The average molecular weight is 226 g/mol. The fraction of sp³-hybridized carbons (Fsp3) is 0.600. The SMILES string of the molecule is CCN(CC)c1nn(C)c(N)c1C(=O)OC. The Labute approximate surface area is 95.0 Å². The zero-order chi connectivity index (χ0) is 12.3. The highest BCUT2D eigenvalue weighted by atomic mass is 16.5. The molecule has 0 bridgehead atoms. The number of rotatable bonds is 4. The number of hydrogen-bond donors (Lipinski definition) is 1. The Hall–Kier alpha value is -1.72. The summed E-state index contributed by atoms with van der Waals surface area (Å²) < 4.78 is 6.20. The second-order valence-electron chi connectivity index (χ2n) is 3.37. The van der Waals surface area contributed by atoms with E-state index < -0.39 is 5.97 Å². The summed E-state index contributed by atoms with van der Waals surface area (Å²) in [5, 5.41) is 4.24. The van der Waals surface area contributed by atoms with Crippen LogP contribution in [-0.2, 0) is 11.8 Å². The third-order valence-electron chi connectivity index (χ3n) is 2.53. The van der Waals surface area contributed by atoms with Gasteiger partial charge in [0, 0.05) is 20.1 Å². The Bertz CT molecular complexity index is 382. The van der Waals surface area contributed by atoms with Gasteiger partial charge in [0.25, 0.3) is 0 Å². The molecule has 0 saturated carbocycles. The minimum absolute atomic E-state index is 0.328. The Morgan fingerprint density at radius 2 is 2.06 bits per heavy atom. The number of carbonyl (C=O) groups is 1. The molecule has 1 heterocycles. The largest absolute Gasteiger partial charge is 0.465 e. The van der Waals surface area contributed by atoms with Gasteiger partial charge in [-0.25, -0.2) is 4.79 Å². The number of hydrogen-bond acceptors (Lipinski definition) is 5. The van der Waals surface area contributed by atoms with Gasteiger partial charge in [-0.1, -0.05) is 0 Å². The van der Waals surface area contributed by atoms with E-state index >= 15 is 0 Å². The lowest BCUT2D eigenvalue weighted by Crippen LogP contribution is -2.24. The summed E-state index contributed by atoms with van der Waals surface area (Å²) in [7, 11) is 3.04. The highest BCUT2D eigenvalue weighted by Crippen LogP contribution is 2.25. The van der Waals surface area contributed by atoms with Gasteiger partial charge >= 0.3 is 5.97 Å². The number of aryl methyl sites for hydroxylation is 1. The summed E-state index contributed by atoms with van der Waals surface area (Å²) in [6.45, 7) is 5.51. The van der Waals surface area contributed by atoms with Gasteiger partial charge in [-0.2, -0.15) is 5.10 Å². The van der Waals surface area contributed by atoms with Crippen LogP contribution in [0.1, 0.15) is 24.2 Å². The molecule has 0 aliphatic carbocycles. The first kappa shape index (κ1) is 12.4. The van der Waals surface area contributed by atoms with Crippen molar-refractivity contribution in [1.29, 1.82) is 0 Å². The summed E-state index contributed by atoms with van der Waals surface area (Å²) in [6, 6.07) is 0. The number of carbonyl (C=O) groups excluding carboxylic acids is 1. The molecule has 1 aromatic rings. The van der Waals surface area contributed by atoms with E-state index in [4.69, 9.17) is 10.5 Å². The van der Waals surface area contributed by atoms with Crippen molar-refractivity contribution in [1.82, 2.24) is 9.78 Å². The van der Waals surface area contributed by atoms with Crippen LogP contribution in [0.15, 0.2) is 0 Å².